The number of aliphatic carboxylic acids is 4. The summed E-state index contributed by atoms with van der Waals surface area (Å²) >= 11 is 0. The Morgan fingerprint density at radius 3 is 0.833 bits per heavy atom. The maximum absolute atomic E-state index is 10.6. The van der Waals surface area contributed by atoms with Gasteiger partial charge in [-0.3, -0.25) is 29.0 Å². The van der Waals surface area contributed by atoms with Crippen LogP contribution in [0.5, 0.6) is 0 Å². The topological polar surface area (TPSA) is 229 Å². The molecule has 0 aliphatic rings. The minimum Gasteiger partial charge on any atom is -1.00 e. The van der Waals surface area contributed by atoms with Gasteiger partial charge in [-0.1, -0.05) is 0 Å². The van der Waals surface area contributed by atoms with Gasteiger partial charge in [-0.2, -0.15) is 0 Å². The van der Waals surface area contributed by atoms with Crippen LogP contribution in [0.25, 0.3) is 0 Å². The number of carboxylic acid groups (broad SMARTS) is 4. The Morgan fingerprint density at radius 1 is 0.542 bits per heavy atom. The van der Waals surface area contributed by atoms with E-state index in [0.29, 0.717) is 0 Å². The second-order valence-electron chi connectivity index (χ2n) is 4.00. The summed E-state index contributed by atoms with van der Waals surface area (Å²) in [6, 6.07) is 0. The third-order valence-corrected chi connectivity index (χ3v) is 2.17. The number of nitrogens with zero attached hydrogens (tertiary/aromatic N) is 2. The molecule has 0 aliphatic heterocycles. The molecule has 0 aliphatic carbocycles. The molecule has 0 bridgehead atoms. The van der Waals surface area contributed by atoms with Crippen molar-refractivity contribution < 1.29 is 73.6 Å². The molecule has 0 spiro atoms. The number of rotatable bonds is 11. The lowest BCUT2D eigenvalue weighted by Gasteiger charge is -2.23. The molecular formula is C10H24Br2N4O8. The molecule has 14 heteroatoms. The molecule has 0 aromatic rings. The molecule has 0 rings (SSSR count). The molecule has 0 atom stereocenters. The van der Waals surface area contributed by atoms with Crippen molar-refractivity contribution in [3.8, 4) is 0 Å². The van der Waals surface area contributed by atoms with Crippen LogP contribution in [0.3, 0.4) is 0 Å². The highest BCUT2D eigenvalue weighted by Gasteiger charge is 2.17. The quantitative estimate of drug-likeness (QED) is 0.161. The normalized spacial score (nSPS) is 8.92. The number of halogens is 2. The van der Waals surface area contributed by atoms with Gasteiger partial charge in [0, 0.05) is 13.1 Å². The first-order valence-corrected chi connectivity index (χ1v) is 5.52. The first kappa shape index (κ1) is 34.1. The van der Waals surface area contributed by atoms with E-state index in [1.807, 2.05) is 0 Å². The van der Waals surface area contributed by atoms with Crippen molar-refractivity contribution in [2.75, 3.05) is 39.3 Å². The van der Waals surface area contributed by atoms with Gasteiger partial charge in [-0.25, -0.2) is 0 Å². The third-order valence-electron chi connectivity index (χ3n) is 2.17. The van der Waals surface area contributed by atoms with Gasteiger partial charge in [0.2, 0.25) is 0 Å². The van der Waals surface area contributed by atoms with Gasteiger partial charge in [0.1, 0.15) is 0 Å². The fourth-order valence-corrected chi connectivity index (χ4v) is 1.48. The summed E-state index contributed by atoms with van der Waals surface area (Å²) < 4.78 is 0. The molecule has 0 amide bonds. The zero-order valence-electron chi connectivity index (χ0n) is 13.3. The molecule has 0 unspecified atom stereocenters. The SMILES string of the molecule is O=C(O)CN(CCN(CC(=O)O)CC(=O)O)CC(=O)O.[Br-].[Br-].[NH4+].[NH4+]. The minimum absolute atomic E-state index is 0. The van der Waals surface area contributed by atoms with Gasteiger partial charge >= 0.3 is 23.9 Å². The van der Waals surface area contributed by atoms with Crippen molar-refractivity contribution in [1.29, 1.82) is 0 Å². The fourth-order valence-electron chi connectivity index (χ4n) is 1.48. The van der Waals surface area contributed by atoms with Gasteiger partial charge in [0.25, 0.3) is 0 Å². The molecule has 0 fully saturated rings. The van der Waals surface area contributed by atoms with E-state index in [1.54, 1.807) is 0 Å². The van der Waals surface area contributed by atoms with Gasteiger partial charge in [0.05, 0.1) is 26.2 Å². The van der Waals surface area contributed by atoms with Gasteiger partial charge < -0.3 is 66.7 Å². The van der Waals surface area contributed by atoms with Crippen LogP contribution < -0.4 is 46.3 Å². The molecular weight excluding hydrogens is 464 g/mol. The fraction of sp³-hybridized carbons (Fsp3) is 0.600. The predicted octanol–water partition coefficient (Wildman–Crippen LogP) is -7.31. The van der Waals surface area contributed by atoms with Crippen LogP contribution >= 0.6 is 0 Å². The third kappa shape index (κ3) is 20.7. The lowest BCUT2D eigenvalue weighted by atomic mass is 10.4. The Bertz CT molecular complexity index is 331. The summed E-state index contributed by atoms with van der Waals surface area (Å²) in [5.41, 5.74) is 0. The largest absolute Gasteiger partial charge is 1.00 e. The molecule has 0 heterocycles. The Kier molecular flexibility index (Phi) is 25.6. The first-order valence-electron chi connectivity index (χ1n) is 5.52. The van der Waals surface area contributed by atoms with Crippen LogP contribution in [0.1, 0.15) is 0 Å². The zero-order valence-corrected chi connectivity index (χ0v) is 16.5. The molecule has 0 saturated heterocycles. The molecule has 0 aromatic heterocycles. The van der Waals surface area contributed by atoms with Crippen LogP contribution in [0.2, 0.25) is 0 Å². The molecule has 0 aromatic carbocycles. The summed E-state index contributed by atoms with van der Waals surface area (Å²) in [4.78, 5) is 44.4. The molecule has 24 heavy (non-hydrogen) atoms. The molecule has 0 saturated carbocycles. The van der Waals surface area contributed by atoms with Crippen LogP contribution in [0.15, 0.2) is 0 Å². The predicted molar refractivity (Wildman–Crippen MR) is 75.4 cm³/mol. The molecule has 12 nitrogen and oxygen atoms in total. The Balaban J connectivity index is -0.000000301. The van der Waals surface area contributed by atoms with E-state index < -0.39 is 50.1 Å². The average Bonchev–Trinajstić information content (AvgIpc) is 2.22. The summed E-state index contributed by atoms with van der Waals surface area (Å²) in [6.07, 6.45) is 0. The maximum Gasteiger partial charge on any atom is 0.317 e. The number of hydrogen-bond acceptors (Lipinski definition) is 6. The lowest BCUT2D eigenvalue weighted by molar-refractivity contribution is -0.145. The zero-order chi connectivity index (χ0) is 15.7. The highest BCUT2D eigenvalue weighted by Crippen LogP contribution is 1.94. The van der Waals surface area contributed by atoms with Crippen molar-refractivity contribution in [2.45, 2.75) is 0 Å². The summed E-state index contributed by atoms with van der Waals surface area (Å²) in [5.74, 6) is -4.91. The molecule has 12 N–H and O–H groups in total. The number of carbonyl (C=O) groups is 4. The second-order valence-corrected chi connectivity index (χ2v) is 4.00. The maximum atomic E-state index is 10.6. The summed E-state index contributed by atoms with van der Waals surface area (Å²) in [6.45, 7) is -2.25. The van der Waals surface area contributed by atoms with E-state index >= 15 is 0 Å². The van der Waals surface area contributed by atoms with Crippen LogP contribution in [0.4, 0.5) is 0 Å². The highest BCUT2D eigenvalue weighted by atomic mass is 79.9. The second kappa shape index (κ2) is 18.0. The standard InChI is InChI=1S/C10H16N2O8.2BrH.2H3N/c13-7(14)3-11(4-8(15)16)1-2-12(5-9(17)18)6-10(19)20;;;;/h1-6H2,(H,13,14)(H,15,16)(H,17,18)(H,19,20);2*1H;2*1H3. The van der Waals surface area contributed by atoms with Crippen LogP contribution in [0, 0.1) is 0 Å². The first-order chi connectivity index (χ1) is 9.20. The summed E-state index contributed by atoms with van der Waals surface area (Å²) in [5, 5.41) is 34.5. The van der Waals surface area contributed by atoms with E-state index in [9.17, 15) is 19.2 Å². The van der Waals surface area contributed by atoms with Crippen molar-refractivity contribution >= 4 is 23.9 Å². The van der Waals surface area contributed by atoms with E-state index in [1.165, 1.54) is 0 Å². The smallest absolute Gasteiger partial charge is 0.317 e. The van der Waals surface area contributed by atoms with Crippen molar-refractivity contribution in [3.05, 3.63) is 0 Å². The molecule has 146 valence electrons. The van der Waals surface area contributed by atoms with Gasteiger partial charge in [-0.15, -0.1) is 0 Å². The van der Waals surface area contributed by atoms with Crippen LogP contribution in [-0.2, 0) is 19.2 Å². The highest BCUT2D eigenvalue weighted by molar-refractivity contribution is 5.73. The Hall–Kier alpha value is -1.32. The van der Waals surface area contributed by atoms with E-state index in [2.05, 4.69) is 0 Å². The van der Waals surface area contributed by atoms with Gasteiger partial charge in [-0.05, 0) is 0 Å². The van der Waals surface area contributed by atoms with Crippen molar-refractivity contribution in [3.63, 3.8) is 0 Å². The van der Waals surface area contributed by atoms with E-state index in [0.717, 1.165) is 9.80 Å². The number of quaternary nitrogens is 2. The van der Waals surface area contributed by atoms with E-state index in [4.69, 9.17) is 20.4 Å². The number of hydrogen-bond donors (Lipinski definition) is 6. The Labute approximate surface area is 159 Å². The monoisotopic (exact) mass is 486 g/mol. The van der Waals surface area contributed by atoms with E-state index in [-0.39, 0.29) is 59.4 Å². The lowest BCUT2D eigenvalue weighted by Crippen LogP contribution is -3.00. The van der Waals surface area contributed by atoms with Crippen LogP contribution in [-0.4, -0.2) is 93.4 Å². The minimum atomic E-state index is -1.23. The Morgan fingerprint density at radius 2 is 0.708 bits per heavy atom. The van der Waals surface area contributed by atoms with Crippen molar-refractivity contribution in [1.82, 2.24) is 22.1 Å². The van der Waals surface area contributed by atoms with Crippen molar-refractivity contribution in [2.24, 2.45) is 0 Å². The summed E-state index contributed by atoms with van der Waals surface area (Å²) in [7, 11) is 0. The number of carboxylic acids is 4. The average molecular weight is 488 g/mol. The van der Waals surface area contributed by atoms with Gasteiger partial charge in [0.15, 0.2) is 0 Å². The molecule has 0 radical (unpaired) electrons.